The summed E-state index contributed by atoms with van der Waals surface area (Å²) in [6, 6.07) is 14.4. The molecule has 2 aromatic rings. The molecule has 0 unspecified atom stereocenters. The van der Waals surface area contributed by atoms with Crippen LogP contribution in [0.5, 0.6) is 0 Å². The second kappa shape index (κ2) is 7.85. The average Bonchev–Trinajstić information content (AvgIpc) is 2.68. The standard InChI is InChI=1S/C17H20N2O5S2/c20-25(21,18-14-15-4-2-1-3-5-15)16-6-8-17(9-7-16)26(22,23)19-10-12-24-13-11-19/h1-9,18H,10-14H2. The fraction of sp³-hybridized carbons (Fsp3) is 0.294. The molecule has 140 valence electrons. The van der Waals surface area contributed by atoms with Crippen molar-refractivity contribution in [3.8, 4) is 0 Å². The molecule has 0 aliphatic carbocycles. The van der Waals surface area contributed by atoms with Crippen LogP contribution >= 0.6 is 0 Å². The van der Waals surface area contributed by atoms with Gasteiger partial charge in [-0.1, -0.05) is 30.3 Å². The molecular formula is C17H20N2O5S2. The van der Waals surface area contributed by atoms with Crippen LogP contribution in [0, 0.1) is 0 Å². The van der Waals surface area contributed by atoms with E-state index in [0.717, 1.165) is 5.56 Å². The van der Waals surface area contributed by atoms with E-state index >= 15 is 0 Å². The summed E-state index contributed by atoms with van der Waals surface area (Å²) in [4.78, 5) is 0.0933. The van der Waals surface area contributed by atoms with Gasteiger partial charge in [-0.3, -0.25) is 0 Å². The van der Waals surface area contributed by atoms with Gasteiger partial charge in [0.25, 0.3) is 0 Å². The van der Waals surface area contributed by atoms with Gasteiger partial charge >= 0.3 is 0 Å². The van der Waals surface area contributed by atoms with Crippen molar-refractivity contribution in [3.63, 3.8) is 0 Å². The molecule has 1 heterocycles. The van der Waals surface area contributed by atoms with E-state index in [9.17, 15) is 16.8 Å². The normalized spacial score (nSPS) is 16.5. The second-order valence-electron chi connectivity index (χ2n) is 5.80. The lowest BCUT2D eigenvalue weighted by Gasteiger charge is -2.26. The van der Waals surface area contributed by atoms with Gasteiger partial charge in [0.1, 0.15) is 0 Å². The molecule has 26 heavy (non-hydrogen) atoms. The van der Waals surface area contributed by atoms with Crippen molar-refractivity contribution < 1.29 is 21.6 Å². The van der Waals surface area contributed by atoms with Crippen molar-refractivity contribution in [1.82, 2.24) is 9.03 Å². The molecule has 1 aliphatic rings. The topological polar surface area (TPSA) is 92.8 Å². The summed E-state index contributed by atoms with van der Waals surface area (Å²) >= 11 is 0. The van der Waals surface area contributed by atoms with Crippen LogP contribution in [0.25, 0.3) is 0 Å². The van der Waals surface area contributed by atoms with Gasteiger partial charge in [-0.15, -0.1) is 0 Å². The molecule has 7 nitrogen and oxygen atoms in total. The van der Waals surface area contributed by atoms with Crippen LogP contribution < -0.4 is 4.72 Å². The van der Waals surface area contributed by atoms with Crippen molar-refractivity contribution >= 4 is 20.0 Å². The first-order chi connectivity index (χ1) is 12.4. The zero-order valence-electron chi connectivity index (χ0n) is 14.0. The maximum Gasteiger partial charge on any atom is 0.243 e. The average molecular weight is 396 g/mol. The molecule has 1 fully saturated rings. The third-order valence-electron chi connectivity index (χ3n) is 4.05. The van der Waals surface area contributed by atoms with Gasteiger partial charge in [-0.2, -0.15) is 4.31 Å². The Morgan fingerprint density at radius 2 is 1.42 bits per heavy atom. The van der Waals surface area contributed by atoms with Crippen molar-refractivity contribution in [3.05, 3.63) is 60.2 Å². The Balaban J connectivity index is 1.74. The molecule has 0 saturated carbocycles. The van der Waals surface area contributed by atoms with E-state index < -0.39 is 20.0 Å². The molecule has 2 aromatic carbocycles. The number of rotatable bonds is 6. The Morgan fingerprint density at radius 1 is 0.846 bits per heavy atom. The lowest BCUT2D eigenvalue weighted by Crippen LogP contribution is -2.40. The Morgan fingerprint density at radius 3 is 2.04 bits per heavy atom. The highest BCUT2D eigenvalue weighted by Crippen LogP contribution is 2.19. The molecule has 0 spiro atoms. The number of ether oxygens (including phenoxy) is 1. The summed E-state index contributed by atoms with van der Waals surface area (Å²) in [7, 11) is -7.37. The zero-order chi connectivity index (χ0) is 18.6. The summed E-state index contributed by atoms with van der Waals surface area (Å²) in [5.41, 5.74) is 0.836. The molecule has 0 radical (unpaired) electrons. The molecule has 0 aromatic heterocycles. The van der Waals surface area contributed by atoms with Crippen LogP contribution in [-0.4, -0.2) is 47.4 Å². The molecule has 1 aliphatic heterocycles. The van der Waals surface area contributed by atoms with Crippen molar-refractivity contribution in [2.24, 2.45) is 0 Å². The van der Waals surface area contributed by atoms with Crippen molar-refractivity contribution in [2.45, 2.75) is 16.3 Å². The number of benzene rings is 2. The lowest BCUT2D eigenvalue weighted by molar-refractivity contribution is 0.0730. The fourth-order valence-corrected chi connectivity index (χ4v) is 5.01. The van der Waals surface area contributed by atoms with Crippen LogP contribution in [0.1, 0.15) is 5.56 Å². The summed E-state index contributed by atoms with van der Waals surface area (Å²) in [6.45, 7) is 1.46. The molecule has 3 rings (SSSR count). The van der Waals surface area contributed by atoms with Crippen molar-refractivity contribution in [2.75, 3.05) is 26.3 Å². The predicted molar refractivity (Wildman–Crippen MR) is 96.5 cm³/mol. The van der Waals surface area contributed by atoms with E-state index in [1.54, 1.807) is 0 Å². The molecular weight excluding hydrogens is 376 g/mol. The summed E-state index contributed by atoms with van der Waals surface area (Å²) in [5, 5.41) is 0. The smallest absolute Gasteiger partial charge is 0.243 e. The number of hydrogen-bond acceptors (Lipinski definition) is 5. The number of nitrogens with zero attached hydrogens (tertiary/aromatic N) is 1. The molecule has 0 atom stereocenters. The Hall–Kier alpha value is -1.78. The first-order valence-electron chi connectivity index (χ1n) is 8.11. The van der Waals surface area contributed by atoms with E-state index in [4.69, 9.17) is 4.74 Å². The van der Waals surface area contributed by atoms with E-state index in [1.807, 2.05) is 30.3 Å². The van der Waals surface area contributed by atoms with Crippen LogP contribution in [-0.2, 0) is 31.3 Å². The van der Waals surface area contributed by atoms with Crippen LogP contribution in [0.15, 0.2) is 64.4 Å². The number of nitrogens with one attached hydrogen (secondary N) is 1. The Bertz CT molecular complexity index is 936. The maximum absolute atomic E-state index is 12.6. The van der Waals surface area contributed by atoms with Gasteiger partial charge in [-0.05, 0) is 29.8 Å². The summed E-state index contributed by atoms with van der Waals surface area (Å²) in [6.07, 6.45) is 0. The minimum absolute atomic E-state index is 0.0226. The van der Waals surface area contributed by atoms with Gasteiger partial charge in [0, 0.05) is 19.6 Å². The predicted octanol–water partition coefficient (Wildman–Crippen LogP) is 1.19. The van der Waals surface area contributed by atoms with Crippen LogP contribution in [0.4, 0.5) is 0 Å². The van der Waals surface area contributed by atoms with E-state index in [2.05, 4.69) is 4.72 Å². The third kappa shape index (κ3) is 4.30. The quantitative estimate of drug-likeness (QED) is 0.792. The minimum Gasteiger partial charge on any atom is -0.379 e. The summed E-state index contributed by atoms with van der Waals surface area (Å²) in [5.74, 6) is 0. The molecule has 1 saturated heterocycles. The van der Waals surface area contributed by atoms with E-state index in [0.29, 0.717) is 26.3 Å². The van der Waals surface area contributed by atoms with E-state index in [1.165, 1.54) is 28.6 Å². The molecule has 9 heteroatoms. The molecule has 0 bridgehead atoms. The van der Waals surface area contributed by atoms with Crippen LogP contribution in [0.3, 0.4) is 0 Å². The Kier molecular flexibility index (Phi) is 5.73. The number of sulfonamides is 2. The SMILES string of the molecule is O=S(=O)(NCc1ccccc1)c1ccc(S(=O)(=O)N2CCOCC2)cc1. The third-order valence-corrected chi connectivity index (χ3v) is 7.38. The van der Waals surface area contributed by atoms with Gasteiger partial charge in [-0.25, -0.2) is 21.6 Å². The van der Waals surface area contributed by atoms with Crippen molar-refractivity contribution in [1.29, 1.82) is 0 Å². The first-order valence-corrected chi connectivity index (χ1v) is 11.0. The van der Waals surface area contributed by atoms with E-state index in [-0.39, 0.29) is 16.3 Å². The lowest BCUT2D eigenvalue weighted by atomic mass is 10.2. The zero-order valence-corrected chi connectivity index (χ0v) is 15.7. The Labute approximate surface area is 153 Å². The maximum atomic E-state index is 12.6. The number of hydrogen-bond donors (Lipinski definition) is 1. The van der Waals surface area contributed by atoms with Crippen LogP contribution in [0.2, 0.25) is 0 Å². The monoisotopic (exact) mass is 396 g/mol. The highest BCUT2D eigenvalue weighted by atomic mass is 32.2. The minimum atomic E-state index is -3.72. The highest BCUT2D eigenvalue weighted by Gasteiger charge is 2.26. The fourth-order valence-electron chi connectivity index (χ4n) is 2.58. The van der Waals surface area contributed by atoms with Gasteiger partial charge in [0.2, 0.25) is 20.0 Å². The highest BCUT2D eigenvalue weighted by molar-refractivity contribution is 7.89. The van der Waals surface area contributed by atoms with Gasteiger partial charge < -0.3 is 4.74 Å². The largest absolute Gasteiger partial charge is 0.379 e. The number of morpholine rings is 1. The molecule has 1 N–H and O–H groups in total. The molecule has 0 amide bonds. The first kappa shape index (κ1) is 19.0. The van der Waals surface area contributed by atoms with Gasteiger partial charge in [0.15, 0.2) is 0 Å². The van der Waals surface area contributed by atoms with Gasteiger partial charge in [0.05, 0.1) is 23.0 Å². The second-order valence-corrected chi connectivity index (χ2v) is 9.50. The summed E-state index contributed by atoms with van der Waals surface area (Å²) < 4.78 is 58.9.